The zero-order valence-electron chi connectivity index (χ0n) is 15.6. The van der Waals surface area contributed by atoms with Crippen LogP contribution in [0.25, 0.3) is 0 Å². The van der Waals surface area contributed by atoms with E-state index in [9.17, 15) is 0 Å². The molecule has 3 nitrogen and oxygen atoms in total. The van der Waals surface area contributed by atoms with Gasteiger partial charge in [-0.25, -0.2) is 4.31 Å². The maximum absolute atomic E-state index is 5.64. The molecule has 1 aliphatic rings. The molecule has 3 rings (SSSR count). The van der Waals surface area contributed by atoms with Gasteiger partial charge in [0.15, 0.2) is 6.79 Å². The number of benzene rings is 2. The van der Waals surface area contributed by atoms with Gasteiger partial charge in [0.25, 0.3) is 0 Å². The number of halogens is 1. The van der Waals surface area contributed by atoms with Crippen molar-refractivity contribution in [2.24, 2.45) is 0 Å². The third-order valence-electron chi connectivity index (χ3n) is 4.73. The second kappa shape index (κ2) is 9.27. The predicted molar refractivity (Wildman–Crippen MR) is 112 cm³/mol. The van der Waals surface area contributed by atoms with E-state index in [1.54, 1.807) is 7.11 Å². The van der Waals surface area contributed by atoms with Crippen LogP contribution < -0.4 is 4.74 Å². The van der Waals surface area contributed by atoms with E-state index >= 15 is 0 Å². The van der Waals surface area contributed by atoms with Crippen LogP contribution in [0, 0.1) is 13.8 Å². The summed E-state index contributed by atoms with van der Waals surface area (Å²) in [6, 6.07) is 13.3. The lowest BCUT2D eigenvalue weighted by molar-refractivity contribution is 0.0500. The lowest BCUT2D eigenvalue weighted by Crippen LogP contribution is -2.27. The van der Waals surface area contributed by atoms with Crippen LogP contribution >= 0.6 is 27.9 Å². The molecule has 0 N–H and O–H groups in total. The van der Waals surface area contributed by atoms with E-state index in [0.717, 1.165) is 28.9 Å². The topological polar surface area (TPSA) is 21.7 Å². The first-order chi connectivity index (χ1) is 12.6. The molecule has 1 saturated heterocycles. The van der Waals surface area contributed by atoms with Crippen molar-refractivity contribution in [2.75, 3.05) is 27.0 Å². The molecule has 0 bridgehead atoms. The fourth-order valence-electron chi connectivity index (χ4n) is 3.41. The van der Waals surface area contributed by atoms with Crippen molar-refractivity contribution >= 4 is 27.9 Å². The summed E-state index contributed by atoms with van der Waals surface area (Å²) in [6.45, 7) is 6.74. The molecule has 1 heterocycles. The largest absolute Gasteiger partial charge is 0.466 e. The number of aryl methyl sites for hydroxylation is 2. The summed E-state index contributed by atoms with van der Waals surface area (Å²) in [7, 11) is 1.63. The molecule has 1 fully saturated rings. The molecule has 0 aliphatic carbocycles. The van der Waals surface area contributed by atoms with Crippen LogP contribution in [0.3, 0.4) is 0 Å². The van der Waals surface area contributed by atoms with Gasteiger partial charge in [0, 0.05) is 25.1 Å². The van der Waals surface area contributed by atoms with Gasteiger partial charge in [0.2, 0.25) is 0 Å². The summed E-state index contributed by atoms with van der Waals surface area (Å²) in [6.07, 6.45) is 2.43. The molecular weight excluding hydrogens is 410 g/mol. The monoisotopic (exact) mass is 435 g/mol. The van der Waals surface area contributed by atoms with Gasteiger partial charge in [-0.1, -0.05) is 29.8 Å². The number of hydrogen-bond donors (Lipinski definition) is 0. The van der Waals surface area contributed by atoms with Gasteiger partial charge in [-0.15, -0.1) is 0 Å². The van der Waals surface area contributed by atoms with Crippen molar-refractivity contribution in [3.05, 3.63) is 57.6 Å². The second-order valence-corrected chi connectivity index (χ2v) is 8.84. The molecule has 0 saturated carbocycles. The minimum atomic E-state index is 0.262. The Balaban J connectivity index is 1.59. The zero-order valence-corrected chi connectivity index (χ0v) is 18.0. The van der Waals surface area contributed by atoms with Crippen LogP contribution in [0.4, 0.5) is 0 Å². The standard InChI is InChI=1S/C21H26BrNO2S/c1-15-5-4-6-18(11-15)17-7-9-23(10-8-17)26-19-12-16(2)21(20(22)13-19)25-14-24-3/h4-6,11-13,17H,7-10,14H2,1-3H3. The Labute approximate surface area is 169 Å². The molecule has 0 aromatic heterocycles. The number of piperidine rings is 1. The third-order valence-corrected chi connectivity index (χ3v) is 6.38. The molecule has 2 aromatic rings. The Kier molecular flexibility index (Phi) is 7.04. The van der Waals surface area contributed by atoms with Crippen LogP contribution in [0.15, 0.2) is 45.8 Å². The SMILES string of the molecule is COCOc1c(C)cc(SN2CCC(c3cccc(C)c3)CC2)cc1Br. The van der Waals surface area contributed by atoms with Gasteiger partial charge in [0.05, 0.1) is 4.47 Å². The van der Waals surface area contributed by atoms with E-state index in [4.69, 9.17) is 9.47 Å². The highest BCUT2D eigenvalue weighted by Crippen LogP contribution is 2.37. The quantitative estimate of drug-likeness (QED) is 0.413. The van der Waals surface area contributed by atoms with E-state index in [1.165, 1.54) is 28.9 Å². The van der Waals surface area contributed by atoms with Crippen molar-refractivity contribution in [3.63, 3.8) is 0 Å². The van der Waals surface area contributed by atoms with Gasteiger partial charge >= 0.3 is 0 Å². The lowest BCUT2D eigenvalue weighted by Gasteiger charge is -2.31. The fraction of sp³-hybridized carbons (Fsp3) is 0.429. The van der Waals surface area contributed by atoms with Gasteiger partial charge in [-0.05, 0) is 83.7 Å². The normalized spacial score (nSPS) is 16.0. The average molecular weight is 436 g/mol. The third kappa shape index (κ3) is 5.03. The maximum atomic E-state index is 5.64. The molecule has 0 radical (unpaired) electrons. The van der Waals surface area contributed by atoms with Crippen LogP contribution in [-0.2, 0) is 4.74 Å². The molecule has 0 spiro atoms. The Hall–Kier alpha value is -1.01. The summed E-state index contributed by atoms with van der Waals surface area (Å²) in [4.78, 5) is 1.24. The first-order valence-electron chi connectivity index (χ1n) is 8.98. The van der Waals surface area contributed by atoms with Gasteiger partial charge in [-0.2, -0.15) is 0 Å². The van der Waals surface area contributed by atoms with Crippen LogP contribution in [0.2, 0.25) is 0 Å². The number of rotatable bonds is 6. The minimum Gasteiger partial charge on any atom is -0.466 e. The molecule has 0 atom stereocenters. The van der Waals surface area contributed by atoms with E-state index in [0.29, 0.717) is 5.92 Å². The van der Waals surface area contributed by atoms with Crippen molar-refractivity contribution < 1.29 is 9.47 Å². The maximum Gasteiger partial charge on any atom is 0.188 e. The van der Waals surface area contributed by atoms with Gasteiger partial charge in [-0.3, -0.25) is 0 Å². The van der Waals surface area contributed by atoms with Crippen molar-refractivity contribution in [2.45, 2.75) is 37.5 Å². The van der Waals surface area contributed by atoms with Crippen molar-refractivity contribution in [1.29, 1.82) is 0 Å². The molecule has 2 aromatic carbocycles. The highest BCUT2D eigenvalue weighted by Gasteiger charge is 2.22. The summed E-state index contributed by atoms with van der Waals surface area (Å²) < 4.78 is 14.1. The molecule has 0 unspecified atom stereocenters. The molecule has 0 amide bonds. The van der Waals surface area contributed by atoms with Crippen molar-refractivity contribution in [3.8, 4) is 5.75 Å². The summed E-state index contributed by atoms with van der Waals surface area (Å²) >= 11 is 5.47. The minimum absolute atomic E-state index is 0.262. The lowest BCUT2D eigenvalue weighted by atomic mass is 9.89. The smallest absolute Gasteiger partial charge is 0.188 e. The van der Waals surface area contributed by atoms with Crippen LogP contribution in [0.5, 0.6) is 5.75 Å². The van der Waals surface area contributed by atoms with E-state index in [2.05, 4.69) is 70.5 Å². The first-order valence-corrected chi connectivity index (χ1v) is 10.5. The Morgan fingerprint density at radius 1 is 1.15 bits per heavy atom. The molecular formula is C21H26BrNO2S. The summed E-state index contributed by atoms with van der Waals surface area (Å²) in [5.74, 6) is 1.54. The molecule has 26 heavy (non-hydrogen) atoms. The Morgan fingerprint density at radius 3 is 2.58 bits per heavy atom. The number of methoxy groups -OCH3 is 1. The zero-order chi connectivity index (χ0) is 18.5. The molecule has 140 valence electrons. The first kappa shape index (κ1) is 19.7. The summed E-state index contributed by atoms with van der Waals surface area (Å²) in [5.41, 5.74) is 3.97. The average Bonchev–Trinajstić information content (AvgIpc) is 2.62. The predicted octanol–water partition coefficient (Wildman–Crippen LogP) is 5.94. The molecule has 1 aliphatic heterocycles. The summed E-state index contributed by atoms with van der Waals surface area (Å²) in [5, 5.41) is 0. The van der Waals surface area contributed by atoms with E-state index in [1.807, 2.05) is 11.9 Å². The molecule has 5 heteroatoms. The van der Waals surface area contributed by atoms with Gasteiger partial charge in [0.1, 0.15) is 5.75 Å². The fourth-order valence-corrected chi connectivity index (χ4v) is 5.32. The Morgan fingerprint density at radius 2 is 1.92 bits per heavy atom. The number of nitrogens with zero attached hydrogens (tertiary/aromatic N) is 1. The van der Waals surface area contributed by atoms with E-state index < -0.39 is 0 Å². The van der Waals surface area contributed by atoms with E-state index in [-0.39, 0.29) is 6.79 Å². The van der Waals surface area contributed by atoms with Gasteiger partial charge < -0.3 is 9.47 Å². The number of hydrogen-bond acceptors (Lipinski definition) is 4. The highest BCUT2D eigenvalue weighted by molar-refractivity contribution is 9.10. The second-order valence-electron chi connectivity index (χ2n) is 6.81. The van der Waals surface area contributed by atoms with Crippen LogP contribution in [0.1, 0.15) is 35.4 Å². The number of ether oxygens (including phenoxy) is 2. The highest BCUT2D eigenvalue weighted by atomic mass is 79.9. The van der Waals surface area contributed by atoms with Crippen molar-refractivity contribution in [1.82, 2.24) is 4.31 Å². The Bertz CT molecular complexity index is 722. The van der Waals surface area contributed by atoms with Crippen LogP contribution in [-0.4, -0.2) is 31.3 Å².